The highest BCUT2D eigenvalue weighted by Gasteiger charge is 2.18. The van der Waals surface area contributed by atoms with Crippen LogP contribution in [0.3, 0.4) is 0 Å². The van der Waals surface area contributed by atoms with E-state index in [1.807, 2.05) is 23.5 Å². The molecular weight excluding hydrogens is 310 g/mol. The third-order valence-electron chi connectivity index (χ3n) is 3.95. The van der Waals surface area contributed by atoms with Crippen LogP contribution in [0.5, 0.6) is 0 Å². The largest absolute Gasteiger partial charge is 0.467 e. The Hall–Kier alpha value is -1.14. The van der Waals surface area contributed by atoms with Crippen molar-refractivity contribution in [1.82, 2.24) is 4.90 Å². The van der Waals surface area contributed by atoms with Gasteiger partial charge in [0.25, 0.3) is 0 Å². The zero-order valence-corrected chi connectivity index (χ0v) is 15.0. The average Bonchev–Trinajstić information content (AvgIpc) is 3.17. The first-order valence-corrected chi connectivity index (χ1v) is 8.97. The van der Waals surface area contributed by atoms with Crippen LogP contribution in [0.1, 0.15) is 35.8 Å². The molecular formula is C18H27NO3S. The van der Waals surface area contributed by atoms with Crippen LogP contribution in [-0.2, 0) is 17.9 Å². The zero-order valence-electron chi connectivity index (χ0n) is 14.2. The van der Waals surface area contributed by atoms with Gasteiger partial charge in [0.15, 0.2) is 0 Å². The van der Waals surface area contributed by atoms with Crippen LogP contribution >= 0.6 is 11.3 Å². The van der Waals surface area contributed by atoms with Crippen molar-refractivity contribution in [3.05, 3.63) is 46.0 Å². The molecule has 0 fully saturated rings. The molecule has 2 aromatic rings. The summed E-state index contributed by atoms with van der Waals surface area (Å²) in [5, 5.41) is 10.3. The van der Waals surface area contributed by atoms with Crippen LogP contribution in [0, 0.1) is 6.92 Å². The van der Waals surface area contributed by atoms with Crippen molar-refractivity contribution in [3.63, 3.8) is 0 Å². The van der Waals surface area contributed by atoms with Crippen molar-refractivity contribution < 1.29 is 14.3 Å². The third kappa shape index (κ3) is 6.11. The Morgan fingerprint density at radius 1 is 1.35 bits per heavy atom. The van der Waals surface area contributed by atoms with Gasteiger partial charge < -0.3 is 14.3 Å². The summed E-state index contributed by atoms with van der Waals surface area (Å²) >= 11 is 1.82. The Morgan fingerprint density at radius 2 is 2.17 bits per heavy atom. The summed E-state index contributed by atoms with van der Waals surface area (Å²) in [6.45, 7) is 8.72. The van der Waals surface area contributed by atoms with Crippen molar-refractivity contribution >= 4 is 11.3 Å². The highest BCUT2D eigenvalue weighted by atomic mass is 32.1. The summed E-state index contributed by atoms with van der Waals surface area (Å²) < 4.78 is 10.8. The number of rotatable bonds is 10. The van der Waals surface area contributed by atoms with E-state index >= 15 is 0 Å². The molecule has 0 saturated heterocycles. The molecule has 0 amide bonds. The number of aryl methyl sites for hydroxylation is 1. The molecule has 0 radical (unpaired) electrons. The summed E-state index contributed by atoms with van der Waals surface area (Å²) in [6.07, 6.45) is 2.19. The number of hydrogen-bond acceptors (Lipinski definition) is 5. The molecule has 23 heavy (non-hydrogen) atoms. The molecule has 1 N–H and O–H groups in total. The van der Waals surface area contributed by atoms with Gasteiger partial charge in [-0.3, -0.25) is 4.90 Å². The minimum atomic E-state index is -0.500. The second-order valence-electron chi connectivity index (χ2n) is 5.95. The van der Waals surface area contributed by atoms with Gasteiger partial charge in [0.1, 0.15) is 12.4 Å². The Balaban J connectivity index is 1.81. The lowest BCUT2D eigenvalue weighted by atomic mass is 10.2. The van der Waals surface area contributed by atoms with E-state index in [1.54, 1.807) is 6.26 Å². The number of ether oxygens (including phenoxy) is 1. The lowest BCUT2D eigenvalue weighted by Gasteiger charge is -2.30. The van der Waals surface area contributed by atoms with Crippen LogP contribution < -0.4 is 0 Å². The van der Waals surface area contributed by atoms with E-state index < -0.39 is 6.10 Å². The van der Waals surface area contributed by atoms with E-state index in [0.29, 0.717) is 25.8 Å². The Labute approximate surface area is 142 Å². The molecule has 0 spiro atoms. The van der Waals surface area contributed by atoms with E-state index in [4.69, 9.17) is 9.15 Å². The fourth-order valence-corrected chi connectivity index (χ4v) is 3.36. The zero-order chi connectivity index (χ0) is 16.7. The number of furan rings is 1. The van der Waals surface area contributed by atoms with Gasteiger partial charge >= 0.3 is 0 Å². The van der Waals surface area contributed by atoms with Crippen molar-refractivity contribution in [3.8, 4) is 0 Å². The van der Waals surface area contributed by atoms with Crippen LogP contribution in [-0.4, -0.2) is 35.3 Å². The van der Waals surface area contributed by atoms with E-state index in [9.17, 15) is 5.11 Å². The van der Waals surface area contributed by atoms with Crippen LogP contribution in [0.4, 0.5) is 0 Å². The van der Waals surface area contributed by atoms with Crippen LogP contribution in [0.25, 0.3) is 0 Å². The van der Waals surface area contributed by atoms with E-state index in [1.165, 1.54) is 9.75 Å². The second-order valence-corrected chi connectivity index (χ2v) is 7.32. The van der Waals surface area contributed by atoms with Crippen molar-refractivity contribution in [1.29, 1.82) is 0 Å². The SMILES string of the molecule is CCC(C)N(Cc1ccc(C)s1)CC(O)COCc1ccco1. The van der Waals surface area contributed by atoms with Crippen molar-refractivity contribution in [2.24, 2.45) is 0 Å². The molecule has 0 aliphatic heterocycles. The smallest absolute Gasteiger partial charge is 0.129 e. The molecule has 0 saturated carbocycles. The van der Waals surface area contributed by atoms with E-state index in [-0.39, 0.29) is 0 Å². The first-order chi connectivity index (χ1) is 11.1. The number of nitrogens with zero attached hydrogens (tertiary/aromatic N) is 1. The maximum atomic E-state index is 10.3. The summed E-state index contributed by atoms with van der Waals surface area (Å²) in [4.78, 5) is 4.99. The fraction of sp³-hybridized carbons (Fsp3) is 0.556. The molecule has 0 aliphatic rings. The lowest BCUT2D eigenvalue weighted by molar-refractivity contribution is -0.00252. The second kappa shape index (κ2) is 9.23. The molecule has 2 aromatic heterocycles. The number of hydrogen-bond donors (Lipinski definition) is 1. The highest BCUT2D eigenvalue weighted by Crippen LogP contribution is 2.19. The molecule has 4 nitrogen and oxygen atoms in total. The molecule has 2 rings (SSSR count). The van der Waals surface area contributed by atoms with Crippen LogP contribution in [0.2, 0.25) is 0 Å². The molecule has 0 bridgehead atoms. The topological polar surface area (TPSA) is 45.8 Å². The maximum Gasteiger partial charge on any atom is 0.129 e. The van der Waals surface area contributed by atoms with Gasteiger partial charge in [-0.05, 0) is 44.5 Å². The summed E-state index contributed by atoms with van der Waals surface area (Å²) in [5.74, 6) is 0.782. The van der Waals surface area contributed by atoms with Gasteiger partial charge in [0, 0.05) is 28.9 Å². The highest BCUT2D eigenvalue weighted by molar-refractivity contribution is 7.11. The Morgan fingerprint density at radius 3 is 2.78 bits per heavy atom. The van der Waals surface area contributed by atoms with Gasteiger partial charge in [-0.1, -0.05) is 6.92 Å². The number of aliphatic hydroxyl groups excluding tert-OH is 1. The predicted molar refractivity (Wildman–Crippen MR) is 93.6 cm³/mol. The lowest BCUT2D eigenvalue weighted by Crippen LogP contribution is -2.39. The molecule has 2 unspecified atom stereocenters. The summed E-state index contributed by atoms with van der Waals surface area (Å²) in [5.41, 5.74) is 0. The average molecular weight is 337 g/mol. The van der Waals surface area contributed by atoms with E-state index in [2.05, 4.69) is 37.8 Å². The van der Waals surface area contributed by atoms with Crippen LogP contribution in [0.15, 0.2) is 34.9 Å². The van der Waals surface area contributed by atoms with E-state index in [0.717, 1.165) is 18.7 Å². The first-order valence-electron chi connectivity index (χ1n) is 8.16. The van der Waals surface area contributed by atoms with Gasteiger partial charge in [0.2, 0.25) is 0 Å². The van der Waals surface area contributed by atoms with Gasteiger partial charge in [-0.15, -0.1) is 11.3 Å². The quantitative estimate of drug-likeness (QED) is 0.716. The van der Waals surface area contributed by atoms with Crippen molar-refractivity contribution in [2.75, 3.05) is 13.2 Å². The normalized spacial score (nSPS) is 14.3. The number of aliphatic hydroxyl groups is 1. The molecule has 128 valence electrons. The van der Waals surface area contributed by atoms with Crippen molar-refractivity contribution in [2.45, 2.75) is 52.5 Å². The molecule has 5 heteroatoms. The standard InChI is InChI=1S/C18H27NO3S/c1-4-14(2)19(11-18-8-7-15(3)23-18)10-16(20)12-21-13-17-6-5-9-22-17/h5-9,14,16,20H,4,10-13H2,1-3H3. The first kappa shape index (κ1) is 18.2. The molecule has 0 aromatic carbocycles. The predicted octanol–water partition coefficient (Wildman–Crippen LogP) is 3.83. The third-order valence-corrected chi connectivity index (χ3v) is 4.93. The van der Waals surface area contributed by atoms with Gasteiger partial charge in [-0.25, -0.2) is 0 Å². The van der Waals surface area contributed by atoms with Gasteiger partial charge in [0.05, 0.1) is 19.0 Å². The minimum absolute atomic E-state index is 0.317. The maximum absolute atomic E-state index is 10.3. The summed E-state index contributed by atoms with van der Waals surface area (Å²) in [6, 6.07) is 8.46. The minimum Gasteiger partial charge on any atom is -0.467 e. The number of thiophene rings is 1. The molecule has 2 heterocycles. The summed E-state index contributed by atoms with van der Waals surface area (Å²) in [7, 11) is 0. The molecule has 0 aliphatic carbocycles. The Kier molecular flexibility index (Phi) is 7.30. The fourth-order valence-electron chi connectivity index (χ4n) is 2.44. The Bertz CT molecular complexity index is 552. The molecule has 2 atom stereocenters. The monoisotopic (exact) mass is 337 g/mol. The van der Waals surface area contributed by atoms with Gasteiger partial charge in [-0.2, -0.15) is 0 Å².